The summed E-state index contributed by atoms with van der Waals surface area (Å²) in [5.41, 5.74) is 0.873. The number of H-pyrrole nitrogens is 1. The van der Waals surface area contributed by atoms with Crippen LogP contribution in [0.1, 0.15) is 18.5 Å². The summed E-state index contributed by atoms with van der Waals surface area (Å²) in [6, 6.07) is 5.98. The number of halogens is 2. The van der Waals surface area contributed by atoms with Crippen molar-refractivity contribution < 1.29 is 4.39 Å². The maximum absolute atomic E-state index is 12.8. The molecule has 0 aliphatic carbocycles. The lowest BCUT2D eigenvalue weighted by Gasteiger charge is -2.15. The van der Waals surface area contributed by atoms with E-state index >= 15 is 0 Å². The fourth-order valence-electron chi connectivity index (χ4n) is 1.55. The van der Waals surface area contributed by atoms with Crippen molar-refractivity contribution in [3.63, 3.8) is 0 Å². The Bertz CT molecular complexity index is 597. The van der Waals surface area contributed by atoms with Gasteiger partial charge in [-0.1, -0.05) is 23.7 Å². The molecule has 1 heterocycles. The lowest BCUT2D eigenvalue weighted by Crippen LogP contribution is -2.14. The molecule has 1 aromatic carbocycles. The molecule has 0 fully saturated rings. The first-order valence-corrected chi connectivity index (χ1v) is 5.71. The van der Waals surface area contributed by atoms with Gasteiger partial charge in [-0.3, -0.25) is 4.79 Å². The second kappa shape index (κ2) is 5.18. The predicted octanol–water partition coefficient (Wildman–Crippen LogP) is 2.74. The van der Waals surface area contributed by atoms with Crippen LogP contribution in [0.3, 0.4) is 0 Å². The molecule has 0 aliphatic heterocycles. The van der Waals surface area contributed by atoms with E-state index < -0.39 is 5.56 Å². The van der Waals surface area contributed by atoms with Gasteiger partial charge >= 0.3 is 0 Å². The van der Waals surface area contributed by atoms with Gasteiger partial charge in [0.15, 0.2) is 0 Å². The van der Waals surface area contributed by atoms with E-state index in [9.17, 15) is 9.18 Å². The molecule has 2 aromatic rings. The van der Waals surface area contributed by atoms with E-state index in [-0.39, 0.29) is 16.9 Å². The third-order valence-corrected chi connectivity index (χ3v) is 2.91. The highest BCUT2D eigenvalue weighted by Crippen LogP contribution is 2.22. The van der Waals surface area contributed by atoms with Crippen molar-refractivity contribution in [2.75, 3.05) is 5.32 Å². The van der Waals surface area contributed by atoms with Crippen molar-refractivity contribution >= 4 is 17.3 Å². The molecular formula is C12H11ClFN3O. The van der Waals surface area contributed by atoms with Crippen LogP contribution in [-0.2, 0) is 0 Å². The number of aromatic amines is 1. The van der Waals surface area contributed by atoms with Crippen LogP contribution in [-0.4, -0.2) is 10.2 Å². The number of anilines is 1. The van der Waals surface area contributed by atoms with Gasteiger partial charge in [0.2, 0.25) is 0 Å². The van der Waals surface area contributed by atoms with Gasteiger partial charge in [0.05, 0.1) is 11.9 Å². The number of nitrogens with one attached hydrogen (secondary N) is 2. The monoisotopic (exact) mass is 267 g/mol. The number of benzene rings is 1. The Hall–Kier alpha value is -1.88. The van der Waals surface area contributed by atoms with E-state index in [0.717, 1.165) is 5.56 Å². The summed E-state index contributed by atoms with van der Waals surface area (Å²) in [6.45, 7) is 1.88. The summed E-state index contributed by atoms with van der Waals surface area (Å²) in [7, 11) is 0. The van der Waals surface area contributed by atoms with E-state index in [1.165, 1.54) is 18.3 Å². The van der Waals surface area contributed by atoms with Crippen molar-refractivity contribution in [3.8, 4) is 0 Å². The van der Waals surface area contributed by atoms with E-state index in [0.29, 0.717) is 5.69 Å². The van der Waals surface area contributed by atoms with E-state index in [2.05, 4.69) is 15.5 Å². The predicted molar refractivity (Wildman–Crippen MR) is 68.3 cm³/mol. The van der Waals surface area contributed by atoms with Crippen molar-refractivity contribution in [1.82, 2.24) is 10.2 Å². The van der Waals surface area contributed by atoms with Gasteiger partial charge in [-0.05, 0) is 24.6 Å². The molecule has 0 saturated heterocycles. The molecular weight excluding hydrogens is 257 g/mol. The molecule has 4 nitrogen and oxygen atoms in total. The number of nitrogens with zero attached hydrogens (tertiary/aromatic N) is 1. The van der Waals surface area contributed by atoms with Crippen LogP contribution in [0.25, 0.3) is 0 Å². The Kier molecular flexibility index (Phi) is 3.62. The van der Waals surface area contributed by atoms with Gasteiger partial charge in [0, 0.05) is 6.04 Å². The Labute approximate surface area is 108 Å². The van der Waals surface area contributed by atoms with Gasteiger partial charge < -0.3 is 5.32 Å². The molecule has 0 saturated carbocycles. The number of rotatable bonds is 3. The SMILES string of the molecule is CC(Nc1cn[nH]c(=O)c1Cl)c1ccc(F)cc1. The summed E-state index contributed by atoms with van der Waals surface area (Å²) < 4.78 is 12.8. The molecule has 2 N–H and O–H groups in total. The lowest BCUT2D eigenvalue weighted by atomic mass is 10.1. The zero-order chi connectivity index (χ0) is 13.1. The highest BCUT2D eigenvalue weighted by atomic mass is 35.5. The average molecular weight is 268 g/mol. The Balaban J connectivity index is 2.21. The minimum Gasteiger partial charge on any atom is -0.376 e. The van der Waals surface area contributed by atoms with Crippen LogP contribution in [0.15, 0.2) is 35.3 Å². The number of aromatic nitrogens is 2. The minimum absolute atomic E-state index is 0.0546. The number of hydrogen-bond donors (Lipinski definition) is 2. The fraction of sp³-hybridized carbons (Fsp3) is 0.167. The molecule has 94 valence electrons. The quantitative estimate of drug-likeness (QED) is 0.899. The Morgan fingerprint density at radius 3 is 2.72 bits per heavy atom. The largest absolute Gasteiger partial charge is 0.376 e. The average Bonchev–Trinajstić information content (AvgIpc) is 2.36. The molecule has 0 bridgehead atoms. The first-order valence-electron chi connectivity index (χ1n) is 5.33. The van der Waals surface area contributed by atoms with Crippen molar-refractivity contribution in [2.45, 2.75) is 13.0 Å². The maximum atomic E-state index is 12.8. The summed E-state index contributed by atoms with van der Waals surface area (Å²) in [5.74, 6) is -0.290. The van der Waals surface area contributed by atoms with Gasteiger partial charge in [-0.2, -0.15) is 5.10 Å². The van der Waals surface area contributed by atoms with Crippen LogP contribution in [0.5, 0.6) is 0 Å². The van der Waals surface area contributed by atoms with E-state index in [1.54, 1.807) is 12.1 Å². The summed E-state index contributed by atoms with van der Waals surface area (Å²) >= 11 is 5.84. The van der Waals surface area contributed by atoms with E-state index in [4.69, 9.17) is 11.6 Å². The smallest absolute Gasteiger partial charge is 0.285 e. The standard InChI is InChI=1S/C12H11ClFN3O/c1-7(8-2-4-9(14)5-3-8)16-10-6-15-17-12(18)11(10)13/h2-7H,1H3,(H2,16,17,18). The van der Waals surface area contributed by atoms with Crippen molar-refractivity contribution in [3.05, 3.63) is 57.2 Å². The topological polar surface area (TPSA) is 57.8 Å². The summed E-state index contributed by atoms with van der Waals surface area (Å²) in [6.07, 6.45) is 1.43. The first-order chi connectivity index (χ1) is 8.58. The normalized spacial score (nSPS) is 12.2. The summed E-state index contributed by atoms with van der Waals surface area (Å²) in [4.78, 5) is 11.3. The Morgan fingerprint density at radius 1 is 1.39 bits per heavy atom. The van der Waals surface area contributed by atoms with Crippen LogP contribution in [0.4, 0.5) is 10.1 Å². The molecule has 1 atom stereocenters. The zero-order valence-corrected chi connectivity index (χ0v) is 10.3. The molecule has 0 spiro atoms. The van der Waals surface area contributed by atoms with E-state index in [1.807, 2.05) is 6.92 Å². The molecule has 0 amide bonds. The lowest BCUT2D eigenvalue weighted by molar-refractivity contribution is 0.626. The van der Waals surface area contributed by atoms with Crippen LogP contribution >= 0.6 is 11.6 Å². The molecule has 0 radical (unpaired) electrons. The second-order valence-corrected chi connectivity index (χ2v) is 4.22. The molecule has 1 aromatic heterocycles. The molecule has 0 aliphatic rings. The van der Waals surface area contributed by atoms with Crippen LogP contribution < -0.4 is 10.9 Å². The third-order valence-electron chi connectivity index (χ3n) is 2.54. The maximum Gasteiger partial charge on any atom is 0.285 e. The summed E-state index contributed by atoms with van der Waals surface area (Å²) in [5, 5.41) is 9.00. The number of hydrogen-bond acceptors (Lipinski definition) is 3. The highest BCUT2D eigenvalue weighted by Gasteiger charge is 2.10. The van der Waals surface area contributed by atoms with Gasteiger partial charge in [-0.15, -0.1) is 0 Å². The highest BCUT2D eigenvalue weighted by molar-refractivity contribution is 6.32. The minimum atomic E-state index is -0.451. The van der Waals surface area contributed by atoms with Crippen molar-refractivity contribution in [1.29, 1.82) is 0 Å². The Morgan fingerprint density at radius 2 is 2.06 bits per heavy atom. The van der Waals surface area contributed by atoms with Gasteiger partial charge in [-0.25, -0.2) is 9.49 Å². The molecule has 2 rings (SSSR count). The van der Waals surface area contributed by atoms with Crippen LogP contribution in [0.2, 0.25) is 5.02 Å². The van der Waals surface area contributed by atoms with Crippen molar-refractivity contribution in [2.24, 2.45) is 0 Å². The first kappa shape index (κ1) is 12.6. The van der Waals surface area contributed by atoms with Gasteiger partial charge in [0.25, 0.3) is 5.56 Å². The fourth-order valence-corrected chi connectivity index (χ4v) is 1.70. The molecule has 18 heavy (non-hydrogen) atoms. The van der Waals surface area contributed by atoms with Gasteiger partial charge in [0.1, 0.15) is 10.8 Å². The van der Waals surface area contributed by atoms with Crippen LogP contribution in [0, 0.1) is 5.82 Å². The molecule has 1 unspecified atom stereocenters. The zero-order valence-electron chi connectivity index (χ0n) is 9.58. The second-order valence-electron chi connectivity index (χ2n) is 3.84. The third kappa shape index (κ3) is 2.68. The molecule has 6 heteroatoms.